The molecule has 0 amide bonds. The van der Waals surface area contributed by atoms with Crippen LogP contribution in [-0.4, -0.2) is 58.9 Å². The number of thiophene rings is 1. The van der Waals surface area contributed by atoms with Crippen molar-refractivity contribution in [1.82, 2.24) is 15.5 Å². The van der Waals surface area contributed by atoms with E-state index in [1.54, 1.807) is 28.4 Å². The van der Waals surface area contributed by atoms with E-state index in [1.165, 1.54) is 17.7 Å². The van der Waals surface area contributed by atoms with Gasteiger partial charge in [0.25, 0.3) is 0 Å². The predicted molar refractivity (Wildman–Crippen MR) is 122 cm³/mol. The van der Waals surface area contributed by atoms with E-state index in [2.05, 4.69) is 38.0 Å². The summed E-state index contributed by atoms with van der Waals surface area (Å²) in [5.41, 5.74) is 0.915. The molecule has 2 N–H and O–H groups in total. The van der Waals surface area contributed by atoms with E-state index in [-0.39, 0.29) is 0 Å². The molecule has 1 fully saturated rings. The van der Waals surface area contributed by atoms with Gasteiger partial charge in [0, 0.05) is 30.6 Å². The monoisotopic (exact) mass is 432 g/mol. The van der Waals surface area contributed by atoms with E-state index in [1.807, 2.05) is 23.5 Å². The molecule has 7 nitrogen and oxygen atoms in total. The molecule has 1 aliphatic rings. The second kappa shape index (κ2) is 11.1. The fourth-order valence-corrected chi connectivity index (χ4v) is 4.64. The molecule has 0 aliphatic carbocycles. The maximum Gasteiger partial charge on any atom is 0.191 e. The van der Waals surface area contributed by atoms with E-state index in [0.29, 0.717) is 29.8 Å². The first-order valence-corrected chi connectivity index (χ1v) is 11.1. The lowest BCUT2D eigenvalue weighted by Crippen LogP contribution is -2.42. The summed E-state index contributed by atoms with van der Waals surface area (Å²) in [6.45, 7) is 3.62. The number of hydrogen-bond donors (Lipinski definition) is 2. The van der Waals surface area contributed by atoms with Crippen molar-refractivity contribution in [3.8, 4) is 17.2 Å². The second-order valence-corrected chi connectivity index (χ2v) is 8.07. The Morgan fingerprint density at radius 1 is 1.10 bits per heavy atom. The van der Waals surface area contributed by atoms with Gasteiger partial charge in [-0.05, 0) is 37.4 Å². The summed E-state index contributed by atoms with van der Waals surface area (Å²) < 4.78 is 16.4. The Morgan fingerprint density at radius 3 is 2.33 bits per heavy atom. The van der Waals surface area contributed by atoms with Crippen LogP contribution in [0, 0.1) is 0 Å². The maximum absolute atomic E-state index is 5.55. The number of hydrogen-bond acceptors (Lipinski definition) is 6. The van der Waals surface area contributed by atoms with Crippen molar-refractivity contribution in [2.45, 2.75) is 25.4 Å². The lowest BCUT2D eigenvalue weighted by Gasteiger charge is -2.27. The summed E-state index contributed by atoms with van der Waals surface area (Å²) in [4.78, 5) is 8.35. The average Bonchev–Trinajstić information content (AvgIpc) is 3.50. The number of rotatable bonds is 9. The highest BCUT2D eigenvalue weighted by molar-refractivity contribution is 7.10. The van der Waals surface area contributed by atoms with Crippen LogP contribution >= 0.6 is 11.3 Å². The second-order valence-electron chi connectivity index (χ2n) is 7.09. The highest BCUT2D eigenvalue weighted by atomic mass is 32.1. The number of ether oxygens (including phenoxy) is 3. The van der Waals surface area contributed by atoms with Gasteiger partial charge >= 0.3 is 0 Å². The minimum Gasteiger partial charge on any atom is -0.496 e. The molecule has 1 aliphatic heterocycles. The zero-order valence-electron chi connectivity index (χ0n) is 18.2. The fraction of sp³-hybridized carbons (Fsp3) is 0.500. The number of methoxy groups -OCH3 is 3. The zero-order valence-corrected chi connectivity index (χ0v) is 19.1. The molecule has 8 heteroatoms. The van der Waals surface area contributed by atoms with Gasteiger partial charge in [-0.1, -0.05) is 6.07 Å². The van der Waals surface area contributed by atoms with Crippen LogP contribution in [0.3, 0.4) is 0 Å². The van der Waals surface area contributed by atoms with Gasteiger partial charge in [0.15, 0.2) is 5.96 Å². The normalized spacial score (nSPS) is 15.7. The van der Waals surface area contributed by atoms with Crippen LogP contribution in [0.1, 0.15) is 29.3 Å². The van der Waals surface area contributed by atoms with Crippen molar-refractivity contribution in [3.05, 3.63) is 40.1 Å². The van der Waals surface area contributed by atoms with Crippen molar-refractivity contribution in [1.29, 1.82) is 0 Å². The molecule has 1 aromatic heterocycles. The summed E-state index contributed by atoms with van der Waals surface area (Å²) >= 11 is 1.81. The average molecular weight is 433 g/mol. The Bertz CT molecular complexity index is 795. The molecule has 0 radical (unpaired) electrons. The molecular weight excluding hydrogens is 400 g/mol. The third-order valence-corrected chi connectivity index (χ3v) is 6.36. The molecule has 30 heavy (non-hydrogen) atoms. The van der Waals surface area contributed by atoms with Gasteiger partial charge in [-0.15, -0.1) is 11.3 Å². The summed E-state index contributed by atoms with van der Waals surface area (Å²) in [7, 11) is 6.70. The lowest BCUT2D eigenvalue weighted by molar-refractivity contribution is 0.249. The smallest absolute Gasteiger partial charge is 0.191 e. The van der Waals surface area contributed by atoms with Gasteiger partial charge in [0.1, 0.15) is 17.2 Å². The molecule has 0 bridgehead atoms. The Kier molecular flexibility index (Phi) is 8.21. The van der Waals surface area contributed by atoms with E-state index in [4.69, 9.17) is 14.2 Å². The van der Waals surface area contributed by atoms with Crippen LogP contribution in [0.2, 0.25) is 0 Å². The van der Waals surface area contributed by atoms with E-state index in [9.17, 15) is 0 Å². The highest BCUT2D eigenvalue weighted by Crippen LogP contribution is 2.34. The minimum atomic E-state index is 0.358. The van der Waals surface area contributed by atoms with Crippen LogP contribution < -0.4 is 24.8 Å². The lowest BCUT2D eigenvalue weighted by atomic mass is 10.1. The van der Waals surface area contributed by atoms with Gasteiger partial charge < -0.3 is 24.8 Å². The number of benzene rings is 1. The third kappa shape index (κ3) is 5.37. The van der Waals surface area contributed by atoms with Crippen molar-refractivity contribution >= 4 is 17.3 Å². The van der Waals surface area contributed by atoms with Crippen LogP contribution in [-0.2, 0) is 6.54 Å². The molecule has 0 saturated carbocycles. The Morgan fingerprint density at radius 2 is 1.80 bits per heavy atom. The molecule has 1 atom stereocenters. The van der Waals surface area contributed by atoms with Crippen molar-refractivity contribution in [2.24, 2.45) is 4.99 Å². The zero-order chi connectivity index (χ0) is 21.3. The van der Waals surface area contributed by atoms with Crippen molar-refractivity contribution in [2.75, 3.05) is 48.0 Å². The first-order valence-electron chi connectivity index (χ1n) is 10.2. The predicted octanol–water partition coefficient (Wildman–Crippen LogP) is 3.28. The van der Waals surface area contributed by atoms with Gasteiger partial charge in [0.2, 0.25) is 0 Å². The number of nitrogens with zero attached hydrogens (tertiary/aromatic N) is 2. The van der Waals surface area contributed by atoms with E-state index >= 15 is 0 Å². The molecule has 1 aromatic carbocycles. The van der Waals surface area contributed by atoms with E-state index < -0.39 is 0 Å². The summed E-state index contributed by atoms with van der Waals surface area (Å²) in [5.74, 6) is 2.86. The first-order chi connectivity index (χ1) is 14.7. The Hall–Kier alpha value is -2.45. The Labute approximate surface area is 183 Å². The molecule has 0 spiro atoms. The standard InChI is InChI=1S/C22H32N4O3S/c1-23-22(24-14-17-19(28-3)12-16(27-2)13-20(17)29-4)25-15-18(21-8-7-11-30-21)26-9-5-6-10-26/h7-8,11-13,18H,5-6,9-10,14-15H2,1-4H3,(H2,23,24,25). The molecule has 2 heterocycles. The number of likely N-dealkylation sites (tertiary alicyclic amines) is 1. The first kappa shape index (κ1) is 22.2. The van der Waals surface area contributed by atoms with Gasteiger partial charge in [-0.3, -0.25) is 9.89 Å². The summed E-state index contributed by atoms with van der Waals surface area (Å²) in [6, 6.07) is 8.42. The molecular formula is C22H32N4O3S. The quantitative estimate of drug-likeness (QED) is 0.468. The molecule has 3 rings (SSSR count). The summed E-state index contributed by atoms with van der Waals surface area (Å²) in [5, 5.41) is 9.03. The van der Waals surface area contributed by atoms with Crippen LogP contribution in [0.4, 0.5) is 0 Å². The van der Waals surface area contributed by atoms with Crippen LogP contribution in [0.5, 0.6) is 17.2 Å². The molecule has 2 aromatic rings. The van der Waals surface area contributed by atoms with Crippen molar-refractivity contribution in [3.63, 3.8) is 0 Å². The van der Waals surface area contributed by atoms with Gasteiger partial charge in [-0.25, -0.2) is 0 Å². The largest absolute Gasteiger partial charge is 0.496 e. The van der Waals surface area contributed by atoms with E-state index in [0.717, 1.165) is 31.2 Å². The van der Waals surface area contributed by atoms with Crippen LogP contribution in [0.15, 0.2) is 34.6 Å². The molecule has 1 unspecified atom stereocenters. The minimum absolute atomic E-state index is 0.358. The Balaban J connectivity index is 1.66. The molecule has 1 saturated heterocycles. The number of nitrogens with one attached hydrogen (secondary N) is 2. The summed E-state index contributed by atoms with van der Waals surface area (Å²) in [6.07, 6.45) is 2.54. The topological polar surface area (TPSA) is 67.4 Å². The molecule has 164 valence electrons. The van der Waals surface area contributed by atoms with Gasteiger partial charge in [-0.2, -0.15) is 0 Å². The number of guanidine groups is 1. The van der Waals surface area contributed by atoms with Gasteiger partial charge in [0.05, 0.1) is 39.5 Å². The SMILES string of the molecule is CN=C(NCc1c(OC)cc(OC)cc1OC)NCC(c1cccs1)N1CCCC1. The maximum atomic E-state index is 5.55. The van der Waals surface area contributed by atoms with Crippen LogP contribution in [0.25, 0.3) is 0 Å². The third-order valence-electron chi connectivity index (χ3n) is 5.39. The van der Waals surface area contributed by atoms with Crippen molar-refractivity contribution < 1.29 is 14.2 Å². The number of aliphatic imine (C=N–C) groups is 1. The highest BCUT2D eigenvalue weighted by Gasteiger charge is 2.24. The fourth-order valence-electron chi connectivity index (χ4n) is 3.78.